The molecule has 0 radical (unpaired) electrons. The van der Waals surface area contributed by atoms with Gasteiger partial charge in [0, 0.05) is 6.04 Å². The maximum Gasteiger partial charge on any atom is 0.326 e. The van der Waals surface area contributed by atoms with E-state index in [9.17, 15) is 14.7 Å². The van der Waals surface area contributed by atoms with Crippen LogP contribution in [-0.2, 0) is 4.79 Å². The Balaban J connectivity index is 1.63. The van der Waals surface area contributed by atoms with Crippen LogP contribution in [0.25, 0.3) is 10.8 Å². The lowest BCUT2D eigenvalue weighted by atomic mass is 9.85. The van der Waals surface area contributed by atoms with E-state index in [1.165, 1.54) is 17.5 Å². The SMILES string of the molecule is O=C(O)C1CC2CCCCC2N1C(=O)c1cnc(-c2ccco2)s1. The molecule has 126 valence electrons. The average Bonchev–Trinajstić information content (AvgIpc) is 3.31. The van der Waals surface area contributed by atoms with Crippen molar-refractivity contribution in [2.75, 3.05) is 0 Å². The van der Waals surface area contributed by atoms with Gasteiger partial charge in [-0.2, -0.15) is 0 Å². The minimum Gasteiger partial charge on any atom is -0.480 e. The highest BCUT2D eigenvalue weighted by molar-refractivity contribution is 7.16. The van der Waals surface area contributed by atoms with E-state index in [4.69, 9.17) is 4.42 Å². The van der Waals surface area contributed by atoms with E-state index in [1.54, 1.807) is 23.3 Å². The van der Waals surface area contributed by atoms with E-state index in [0.29, 0.717) is 28.0 Å². The molecule has 1 saturated heterocycles. The first-order valence-electron chi connectivity index (χ1n) is 8.20. The van der Waals surface area contributed by atoms with Gasteiger partial charge in [-0.15, -0.1) is 11.3 Å². The largest absolute Gasteiger partial charge is 0.480 e. The number of carbonyl (C=O) groups is 2. The van der Waals surface area contributed by atoms with Crippen molar-refractivity contribution < 1.29 is 19.1 Å². The zero-order valence-corrected chi connectivity index (χ0v) is 13.9. The monoisotopic (exact) mass is 346 g/mol. The molecule has 7 heteroatoms. The number of thiazole rings is 1. The zero-order valence-electron chi connectivity index (χ0n) is 13.1. The van der Waals surface area contributed by atoms with Crippen molar-refractivity contribution in [3.63, 3.8) is 0 Å². The molecule has 1 saturated carbocycles. The van der Waals surface area contributed by atoms with Crippen LogP contribution in [-0.4, -0.2) is 39.0 Å². The number of carboxylic acids is 1. The van der Waals surface area contributed by atoms with Gasteiger partial charge in [-0.25, -0.2) is 9.78 Å². The number of furan rings is 1. The predicted octanol–water partition coefficient (Wildman–Crippen LogP) is 3.26. The van der Waals surface area contributed by atoms with Crippen LogP contribution in [0.4, 0.5) is 0 Å². The van der Waals surface area contributed by atoms with Gasteiger partial charge in [-0.1, -0.05) is 12.8 Å². The van der Waals surface area contributed by atoms with Crippen LogP contribution >= 0.6 is 11.3 Å². The molecular formula is C17H18N2O4S. The quantitative estimate of drug-likeness (QED) is 0.922. The second kappa shape index (κ2) is 6.05. The lowest BCUT2D eigenvalue weighted by Crippen LogP contribution is -2.46. The molecule has 0 aromatic carbocycles. The van der Waals surface area contributed by atoms with E-state index >= 15 is 0 Å². The minimum absolute atomic E-state index is 0.0431. The van der Waals surface area contributed by atoms with Crippen LogP contribution in [0.2, 0.25) is 0 Å². The molecule has 1 aliphatic heterocycles. The average molecular weight is 346 g/mol. The van der Waals surface area contributed by atoms with Crippen LogP contribution in [0.1, 0.15) is 41.8 Å². The Morgan fingerprint density at radius 1 is 1.33 bits per heavy atom. The lowest BCUT2D eigenvalue weighted by molar-refractivity contribution is -0.141. The molecule has 2 aliphatic rings. The highest BCUT2D eigenvalue weighted by atomic mass is 32.1. The van der Waals surface area contributed by atoms with Gasteiger partial charge in [0.1, 0.15) is 10.9 Å². The molecule has 24 heavy (non-hydrogen) atoms. The number of nitrogens with zero attached hydrogens (tertiary/aromatic N) is 2. The molecule has 1 N–H and O–H groups in total. The Hall–Kier alpha value is -2.15. The van der Waals surface area contributed by atoms with Gasteiger partial charge in [0.25, 0.3) is 5.91 Å². The third-order valence-electron chi connectivity index (χ3n) is 5.06. The fourth-order valence-electron chi connectivity index (χ4n) is 3.99. The van der Waals surface area contributed by atoms with E-state index < -0.39 is 12.0 Å². The molecule has 1 amide bonds. The van der Waals surface area contributed by atoms with Crippen molar-refractivity contribution in [2.45, 2.75) is 44.2 Å². The molecule has 2 aromatic rings. The normalized spacial score (nSPS) is 26.3. The van der Waals surface area contributed by atoms with Gasteiger partial charge in [-0.05, 0) is 37.3 Å². The van der Waals surface area contributed by atoms with Crippen LogP contribution in [0.5, 0.6) is 0 Å². The second-order valence-corrected chi connectivity index (χ2v) is 7.45. The maximum atomic E-state index is 13.0. The van der Waals surface area contributed by atoms with Crippen LogP contribution in [0.3, 0.4) is 0 Å². The number of hydrogen-bond donors (Lipinski definition) is 1. The molecule has 3 unspecified atom stereocenters. The highest BCUT2D eigenvalue weighted by Crippen LogP contribution is 2.41. The summed E-state index contributed by atoms with van der Waals surface area (Å²) in [5.41, 5.74) is 0. The Morgan fingerprint density at radius 3 is 2.92 bits per heavy atom. The first-order chi connectivity index (χ1) is 11.6. The van der Waals surface area contributed by atoms with Gasteiger partial charge >= 0.3 is 5.97 Å². The summed E-state index contributed by atoms with van der Waals surface area (Å²) in [5.74, 6) is -0.201. The van der Waals surface area contributed by atoms with Crippen LogP contribution < -0.4 is 0 Å². The second-order valence-electron chi connectivity index (χ2n) is 6.42. The molecule has 3 atom stereocenters. The molecule has 2 aromatic heterocycles. The standard InChI is InChI=1S/C17H18N2O4S/c20-16(14-9-18-15(24-14)13-6-3-7-23-13)19-11-5-2-1-4-10(11)8-12(19)17(21)22/h3,6-7,9-12H,1-2,4-5,8H2,(H,21,22). The third kappa shape index (κ3) is 2.53. The van der Waals surface area contributed by atoms with E-state index in [-0.39, 0.29) is 11.9 Å². The van der Waals surface area contributed by atoms with Gasteiger partial charge in [0.15, 0.2) is 10.8 Å². The number of likely N-dealkylation sites (tertiary alicyclic amines) is 1. The van der Waals surface area contributed by atoms with E-state index in [1.807, 2.05) is 0 Å². The number of hydrogen-bond acceptors (Lipinski definition) is 5. The molecule has 2 fully saturated rings. The Bertz CT molecular complexity index is 754. The van der Waals surface area contributed by atoms with Crippen LogP contribution in [0, 0.1) is 5.92 Å². The fraction of sp³-hybridized carbons (Fsp3) is 0.471. The number of rotatable bonds is 3. The number of aromatic nitrogens is 1. The summed E-state index contributed by atoms with van der Waals surface area (Å²) in [6, 6.07) is 2.88. The molecule has 0 bridgehead atoms. The number of fused-ring (bicyclic) bond motifs is 1. The molecule has 1 aliphatic carbocycles. The Morgan fingerprint density at radius 2 is 2.17 bits per heavy atom. The van der Waals surface area contributed by atoms with Crippen molar-refractivity contribution in [2.24, 2.45) is 5.92 Å². The van der Waals surface area contributed by atoms with E-state index in [0.717, 1.165) is 25.7 Å². The number of aliphatic carboxylic acids is 1. The Kier molecular flexibility index (Phi) is 3.88. The molecule has 0 spiro atoms. The van der Waals surface area contributed by atoms with Crippen molar-refractivity contribution in [1.82, 2.24) is 9.88 Å². The topological polar surface area (TPSA) is 83.6 Å². The molecular weight excluding hydrogens is 328 g/mol. The third-order valence-corrected chi connectivity index (χ3v) is 6.06. The summed E-state index contributed by atoms with van der Waals surface area (Å²) in [5, 5.41) is 10.2. The maximum absolute atomic E-state index is 13.0. The minimum atomic E-state index is -0.909. The van der Waals surface area contributed by atoms with Gasteiger partial charge < -0.3 is 14.4 Å². The first-order valence-corrected chi connectivity index (χ1v) is 9.02. The number of amides is 1. The summed E-state index contributed by atoms with van der Waals surface area (Å²) < 4.78 is 5.31. The summed E-state index contributed by atoms with van der Waals surface area (Å²) in [6.07, 6.45) is 7.74. The Labute approximate surface area is 143 Å². The summed E-state index contributed by atoms with van der Waals surface area (Å²) in [6.45, 7) is 0. The number of carboxylic acid groups (broad SMARTS) is 1. The van der Waals surface area contributed by atoms with Crippen LogP contribution in [0.15, 0.2) is 29.0 Å². The lowest BCUT2D eigenvalue weighted by Gasteiger charge is -2.32. The van der Waals surface area contributed by atoms with Crippen molar-refractivity contribution in [1.29, 1.82) is 0 Å². The summed E-state index contributed by atoms with van der Waals surface area (Å²) in [7, 11) is 0. The smallest absolute Gasteiger partial charge is 0.326 e. The van der Waals surface area contributed by atoms with Crippen molar-refractivity contribution in [3.05, 3.63) is 29.5 Å². The van der Waals surface area contributed by atoms with Gasteiger partial charge in [0.2, 0.25) is 0 Å². The zero-order chi connectivity index (χ0) is 16.7. The van der Waals surface area contributed by atoms with Gasteiger partial charge in [-0.3, -0.25) is 4.79 Å². The highest BCUT2D eigenvalue weighted by Gasteiger charge is 2.48. The molecule has 3 heterocycles. The molecule has 6 nitrogen and oxygen atoms in total. The fourth-order valence-corrected chi connectivity index (χ4v) is 4.82. The van der Waals surface area contributed by atoms with Gasteiger partial charge in [0.05, 0.1) is 12.5 Å². The van der Waals surface area contributed by atoms with E-state index in [2.05, 4.69) is 4.98 Å². The number of carbonyl (C=O) groups excluding carboxylic acids is 1. The van der Waals surface area contributed by atoms with Crippen molar-refractivity contribution >= 4 is 23.2 Å². The summed E-state index contributed by atoms with van der Waals surface area (Å²) in [4.78, 5) is 31.0. The molecule has 4 rings (SSSR count). The van der Waals surface area contributed by atoms with Crippen molar-refractivity contribution in [3.8, 4) is 10.8 Å². The summed E-state index contributed by atoms with van der Waals surface area (Å²) >= 11 is 1.25. The first kappa shape index (κ1) is 15.4. The predicted molar refractivity (Wildman–Crippen MR) is 87.8 cm³/mol.